The zero-order chi connectivity index (χ0) is 14.5. The van der Waals surface area contributed by atoms with E-state index < -0.39 is 0 Å². The Hall–Kier alpha value is -1.06. The van der Waals surface area contributed by atoms with E-state index >= 15 is 0 Å². The van der Waals surface area contributed by atoms with Crippen LogP contribution in [0.1, 0.15) is 49.7 Å². The molecule has 1 aromatic carbocycles. The lowest BCUT2D eigenvalue weighted by atomic mass is 9.74. The highest BCUT2D eigenvalue weighted by atomic mass is 16.3. The maximum absolute atomic E-state index is 9.78. The Bertz CT molecular complexity index is 466. The maximum Gasteiger partial charge on any atom is 0.0499 e. The first-order chi connectivity index (χ1) is 10.3. The van der Waals surface area contributed by atoms with Crippen LogP contribution in [0.3, 0.4) is 0 Å². The standard InChI is InChI=1S/C18H28N2O/c21-14-18(9-2-1-3-10-18)13-19-12-16-7-4-6-15-8-5-11-20-17(15)16/h4,6-7,19-21H,1-3,5,8-14H2. The number of anilines is 1. The molecule has 1 saturated carbocycles. The number of para-hydroxylation sites is 1. The molecule has 0 saturated heterocycles. The largest absolute Gasteiger partial charge is 0.396 e. The summed E-state index contributed by atoms with van der Waals surface area (Å²) < 4.78 is 0. The molecule has 3 rings (SSSR count). The van der Waals surface area contributed by atoms with E-state index in [1.54, 1.807) is 0 Å². The van der Waals surface area contributed by atoms with Gasteiger partial charge in [-0.25, -0.2) is 0 Å². The third-order valence-electron chi connectivity index (χ3n) is 5.23. The van der Waals surface area contributed by atoms with Crippen LogP contribution in [0.15, 0.2) is 18.2 Å². The van der Waals surface area contributed by atoms with Gasteiger partial charge in [0.25, 0.3) is 0 Å². The van der Waals surface area contributed by atoms with Crippen LogP contribution in [-0.4, -0.2) is 24.8 Å². The lowest BCUT2D eigenvalue weighted by molar-refractivity contribution is 0.0811. The van der Waals surface area contributed by atoms with E-state index in [1.807, 2.05) is 0 Å². The molecule has 0 spiro atoms. The van der Waals surface area contributed by atoms with Crippen molar-refractivity contribution in [3.63, 3.8) is 0 Å². The second-order valence-electron chi connectivity index (χ2n) is 6.80. The van der Waals surface area contributed by atoms with Crippen molar-refractivity contribution >= 4 is 5.69 Å². The molecule has 21 heavy (non-hydrogen) atoms. The highest BCUT2D eigenvalue weighted by Gasteiger charge is 2.30. The van der Waals surface area contributed by atoms with E-state index in [0.717, 1.165) is 19.6 Å². The zero-order valence-corrected chi connectivity index (χ0v) is 13.0. The molecule has 3 nitrogen and oxygen atoms in total. The van der Waals surface area contributed by atoms with Crippen LogP contribution in [-0.2, 0) is 13.0 Å². The normalized spacial score (nSPS) is 20.6. The van der Waals surface area contributed by atoms with E-state index in [-0.39, 0.29) is 5.41 Å². The highest BCUT2D eigenvalue weighted by Crippen LogP contribution is 2.35. The third-order valence-corrected chi connectivity index (χ3v) is 5.23. The van der Waals surface area contributed by atoms with Gasteiger partial charge < -0.3 is 15.7 Å². The average Bonchev–Trinajstić information content (AvgIpc) is 2.56. The summed E-state index contributed by atoms with van der Waals surface area (Å²) in [6.45, 7) is 3.25. The topological polar surface area (TPSA) is 44.3 Å². The van der Waals surface area contributed by atoms with Crippen molar-refractivity contribution in [3.8, 4) is 0 Å². The molecule has 1 aromatic rings. The van der Waals surface area contributed by atoms with Gasteiger partial charge in [-0.2, -0.15) is 0 Å². The second kappa shape index (κ2) is 6.80. The summed E-state index contributed by atoms with van der Waals surface area (Å²) in [6.07, 6.45) is 8.63. The van der Waals surface area contributed by atoms with Crippen molar-refractivity contribution in [2.75, 3.05) is 25.0 Å². The fourth-order valence-corrected chi connectivity index (χ4v) is 3.88. The van der Waals surface area contributed by atoms with Crippen molar-refractivity contribution in [2.24, 2.45) is 5.41 Å². The number of hydrogen-bond acceptors (Lipinski definition) is 3. The van der Waals surface area contributed by atoms with Gasteiger partial charge in [-0.3, -0.25) is 0 Å². The number of rotatable bonds is 5. The summed E-state index contributed by atoms with van der Waals surface area (Å²) in [4.78, 5) is 0. The van der Waals surface area contributed by atoms with Gasteiger partial charge in [-0.05, 0) is 36.8 Å². The minimum absolute atomic E-state index is 0.126. The SMILES string of the molecule is OCC1(CNCc2cccc3c2NCCC3)CCCCC1. The first kappa shape index (κ1) is 14.9. The van der Waals surface area contributed by atoms with Crippen LogP contribution in [0.2, 0.25) is 0 Å². The van der Waals surface area contributed by atoms with E-state index in [0.29, 0.717) is 6.61 Å². The summed E-state index contributed by atoms with van der Waals surface area (Å²) in [7, 11) is 0. The minimum atomic E-state index is 0.126. The molecule has 1 aliphatic carbocycles. The number of hydrogen-bond donors (Lipinski definition) is 3. The van der Waals surface area contributed by atoms with Crippen LogP contribution in [0.4, 0.5) is 5.69 Å². The predicted molar refractivity (Wildman–Crippen MR) is 87.6 cm³/mol. The number of nitrogens with one attached hydrogen (secondary N) is 2. The van der Waals surface area contributed by atoms with Gasteiger partial charge in [0.2, 0.25) is 0 Å². The minimum Gasteiger partial charge on any atom is -0.396 e. The lowest BCUT2D eigenvalue weighted by Crippen LogP contribution is -2.39. The Labute approximate surface area is 128 Å². The van der Waals surface area contributed by atoms with E-state index in [9.17, 15) is 5.11 Å². The van der Waals surface area contributed by atoms with Gasteiger partial charge in [0.1, 0.15) is 0 Å². The van der Waals surface area contributed by atoms with Gasteiger partial charge in [-0.1, -0.05) is 37.5 Å². The van der Waals surface area contributed by atoms with Crippen LogP contribution in [0, 0.1) is 5.41 Å². The Balaban J connectivity index is 1.60. The van der Waals surface area contributed by atoms with Gasteiger partial charge >= 0.3 is 0 Å². The second-order valence-corrected chi connectivity index (χ2v) is 6.80. The molecule has 116 valence electrons. The smallest absolute Gasteiger partial charge is 0.0499 e. The van der Waals surface area contributed by atoms with Gasteiger partial charge in [0.05, 0.1) is 0 Å². The molecular formula is C18H28N2O. The number of aliphatic hydroxyl groups excluding tert-OH is 1. The fourth-order valence-electron chi connectivity index (χ4n) is 3.88. The van der Waals surface area contributed by atoms with Crippen LogP contribution >= 0.6 is 0 Å². The molecule has 0 atom stereocenters. The maximum atomic E-state index is 9.78. The zero-order valence-electron chi connectivity index (χ0n) is 13.0. The van der Waals surface area contributed by atoms with E-state index in [2.05, 4.69) is 28.8 Å². The van der Waals surface area contributed by atoms with E-state index in [1.165, 1.54) is 61.8 Å². The third kappa shape index (κ3) is 3.41. The Morgan fingerprint density at radius 2 is 2.00 bits per heavy atom. The summed E-state index contributed by atoms with van der Waals surface area (Å²) in [5, 5.41) is 16.9. The van der Waals surface area contributed by atoms with Crippen molar-refractivity contribution < 1.29 is 5.11 Å². The fraction of sp³-hybridized carbons (Fsp3) is 0.667. The molecule has 1 aliphatic heterocycles. The summed E-state index contributed by atoms with van der Waals surface area (Å²) in [5.41, 5.74) is 4.30. The monoisotopic (exact) mass is 288 g/mol. The van der Waals surface area contributed by atoms with Gasteiger partial charge in [0.15, 0.2) is 0 Å². The van der Waals surface area contributed by atoms with Crippen molar-refractivity contribution in [1.29, 1.82) is 0 Å². The number of fused-ring (bicyclic) bond motifs is 1. The Morgan fingerprint density at radius 3 is 2.81 bits per heavy atom. The number of benzene rings is 1. The summed E-state index contributed by atoms with van der Waals surface area (Å²) in [6, 6.07) is 6.63. The lowest BCUT2D eigenvalue weighted by Gasteiger charge is -2.36. The molecule has 0 aromatic heterocycles. The molecule has 1 heterocycles. The molecule has 3 N–H and O–H groups in total. The summed E-state index contributed by atoms with van der Waals surface area (Å²) >= 11 is 0. The number of aryl methyl sites for hydroxylation is 1. The highest BCUT2D eigenvalue weighted by molar-refractivity contribution is 5.59. The first-order valence-corrected chi connectivity index (χ1v) is 8.49. The molecule has 0 bridgehead atoms. The van der Waals surface area contributed by atoms with Gasteiger partial charge in [0, 0.05) is 37.3 Å². The molecule has 0 radical (unpaired) electrons. The quantitative estimate of drug-likeness (QED) is 0.780. The Kier molecular flexibility index (Phi) is 4.81. The average molecular weight is 288 g/mol. The van der Waals surface area contributed by atoms with Crippen molar-refractivity contribution in [2.45, 2.75) is 51.5 Å². The molecular weight excluding hydrogens is 260 g/mol. The van der Waals surface area contributed by atoms with Gasteiger partial charge in [-0.15, -0.1) is 0 Å². The molecule has 0 unspecified atom stereocenters. The summed E-state index contributed by atoms with van der Waals surface area (Å²) in [5.74, 6) is 0. The van der Waals surface area contributed by atoms with Crippen molar-refractivity contribution in [3.05, 3.63) is 29.3 Å². The predicted octanol–water partition coefficient (Wildman–Crippen LogP) is 3.08. The molecule has 3 heteroatoms. The van der Waals surface area contributed by atoms with Crippen molar-refractivity contribution in [1.82, 2.24) is 5.32 Å². The van der Waals surface area contributed by atoms with Crippen LogP contribution in [0.25, 0.3) is 0 Å². The molecule has 1 fully saturated rings. The molecule has 2 aliphatic rings. The van der Waals surface area contributed by atoms with Crippen LogP contribution < -0.4 is 10.6 Å². The van der Waals surface area contributed by atoms with Crippen LogP contribution in [0.5, 0.6) is 0 Å². The Morgan fingerprint density at radius 1 is 1.14 bits per heavy atom. The first-order valence-electron chi connectivity index (χ1n) is 8.49. The van der Waals surface area contributed by atoms with E-state index in [4.69, 9.17) is 0 Å². The number of aliphatic hydroxyl groups is 1. The molecule has 0 amide bonds.